The Morgan fingerprint density at radius 1 is 1.40 bits per heavy atom. The summed E-state index contributed by atoms with van der Waals surface area (Å²) in [5.74, 6) is 0. The normalized spacial score (nSPS) is 24.6. The molecule has 0 aromatic rings. The number of carbonyl (C=O) groups excluding carboxylic acids is 1. The Morgan fingerprint density at radius 2 is 2.07 bits per heavy atom. The summed E-state index contributed by atoms with van der Waals surface area (Å²) in [6.07, 6.45) is 3.82. The van der Waals surface area contributed by atoms with E-state index in [9.17, 15) is 4.79 Å². The molecule has 1 saturated heterocycles. The lowest BCUT2D eigenvalue weighted by atomic mass is 9.90. The van der Waals surface area contributed by atoms with Crippen molar-refractivity contribution in [1.29, 1.82) is 0 Å². The number of ether oxygens (including phenoxy) is 1. The summed E-state index contributed by atoms with van der Waals surface area (Å²) in [6, 6.07) is 0.310. The summed E-state index contributed by atoms with van der Waals surface area (Å²) in [4.78, 5) is 11.6. The van der Waals surface area contributed by atoms with E-state index in [-0.39, 0.29) is 11.6 Å². The number of nitrogens with one attached hydrogen (secondary N) is 2. The molecule has 86 valence electrons. The Bertz CT molecular complexity index is 235. The molecule has 5 heteroatoms. The molecule has 0 bridgehead atoms. The number of amides is 2. The number of carbonyl (C=O) groups is 1. The molecule has 1 aliphatic carbocycles. The summed E-state index contributed by atoms with van der Waals surface area (Å²) in [5, 5.41) is 5.91. The molecule has 1 saturated carbocycles. The Kier molecular flexibility index (Phi) is 3.11. The van der Waals surface area contributed by atoms with Gasteiger partial charge in [-0.25, -0.2) is 4.79 Å². The molecule has 2 fully saturated rings. The van der Waals surface area contributed by atoms with E-state index < -0.39 is 0 Å². The zero-order valence-electron chi connectivity index (χ0n) is 8.92. The van der Waals surface area contributed by atoms with Crippen LogP contribution in [0.4, 0.5) is 4.79 Å². The molecule has 1 heterocycles. The summed E-state index contributed by atoms with van der Waals surface area (Å²) in [6.45, 7) is 1.84. The summed E-state index contributed by atoms with van der Waals surface area (Å²) in [5.41, 5.74) is 5.48. The Morgan fingerprint density at radius 3 is 2.60 bits per heavy atom. The molecule has 5 nitrogen and oxygen atoms in total. The van der Waals surface area contributed by atoms with Crippen LogP contribution in [-0.2, 0) is 4.74 Å². The van der Waals surface area contributed by atoms with E-state index >= 15 is 0 Å². The SMILES string of the molecule is NCC1(NC(=O)NC2CC2)CCOCC1. The van der Waals surface area contributed by atoms with Crippen molar-refractivity contribution in [2.24, 2.45) is 5.73 Å². The zero-order valence-corrected chi connectivity index (χ0v) is 8.92. The van der Waals surface area contributed by atoms with Gasteiger partial charge in [0.1, 0.15) is 0 Å². The fourth-order valence-electron chi connectivity index (χ4n) is 1.83. The van der Waals surface area contributed by atoms with Gasteiger partial charge in [-0.15, -0.1) is 0 Å². The molecular weight excluding hydrogens is 194 g/mol. The molecule has 1 aliphatic heterocycles. The molecule has 0 radical (unpaired) electrons. The summed E-state index contributed by atoms with van der Waals surface area (Å²) in [7, 11) is 0. The maximum absolute atomic E-state index is 11.6. The van der Waals surface area contributed by atoms with Gasteiger partial charge in [0, 0.05) is 25.8 Å². The Labute approximate surface area is 89.7 Å². The minimum Gasteiger partial charge on any atom is -0.381 e. The van der Waals surface area contributed by atoms with Crippen molar-refractivity contribution in [2.45, 2.75) is 37.3 Å². The fraction of sp³-hybridized carbons (Fsp3) is 0.900. The highest BCUT2D eigenvalue weighted by Crippen LogP contribution is 2.21. The maximum Gasteiger partial charge on any atom is 0.315 e. The predicted octanol–water partition coefficient (Wildman–Crippen LogP) is -0.0441. The van der Waals surface area contributed by atoms with Crippen LogP contribution in [0.3, 0.4) is 0 Å². The highest BCUT2D eigenvalue weighted by Gasteiger charge is 2.34. The summed E-state index contributed by atoms with van der Waals surface area (Å²) < 4.78 is 5.27. The van der Waals surface area contributed by atoms with Crippen LogP contribution in [0.1, 0.15) is 25.7 Å². The fourth-order valence-corrected chi connectivity index (χ4v) is 1.83. The third-order valence-corrected chi connectivity index (χ3v) is 3.13. The quantitative estimate of drug-likeness (QED) is 0.615. The first kappa shape index (κ1) is 10.7. The van der Waals surface area contributed by atoms with Gasteiger partial charge in [0.05, 0.1) is 5.54 Å². The largest absolute Gasteiger partial charge is 0.381 e. The molecule has 0 aromatic carbocycles. The average Bonchev–Trinajstić information content (AvgIpc) is 3.03. The van der Waals surface area contributed by atoms with Crippen LogP contribution in [0.2, 0.25) is 0 Å². The van der Waals surface area contributed by atoms with Gasteiger partial charge < -0.3 is 21.1 Å². The van der Waals surface area contributed by atoms with Crippen molar-refractivity contribution in [3.63, 3.8) is 0 Å². The second-order valence-electron chi connectivity index (χ2n) is 4.47. The molecule has 0 aromatic heterocycles. The molecular formula is C10H19N3O2. The van der Waals surface area contributed by atoms with Crippen molar-refractivity contribution < 1.29 is 9.53 Å². The lowest BCUT2D eigenvalue weighted by Crippen LogP contribution is -2.59. The van der Waals surface area contributed by atoms with Gasteiger partial charge in [-0.3, -0.25) is 0 Å². The van der Waals surface area contributed by atoms with E-state index in [0.717, 1.165) is 25.7 Å². The van der Waals surface area contributed by atoms with Crippen molar-refractivity contribution in [3.05, 3.63) is 0 Å². The van der Waals surface area contributed by atoms with Gasteiger partial charge in [-0.2, -0.15) is 0 Å². The van der Waals surface area contributed by atoms with Crippen LogP contribution in [-0.4, -0.2) is 37.4 Å². The van der Waals surface area contributed by atoms with Crippen molar-refractivity contribution in [3.8, 4) is 0 Å². The highest BCUT2D eigenvalue weighted by molar-refractivity contribution is 5.75. The average molecular weight is 213 g/mol. The van der Waals surface area contributed by atoms with Crippen LogP contribution >= 0.6 is 0 Å². The van der Waals surface area contributed by atoms with E-state index in [1.807, 2.05) is 0 Å². The van der Waals surface area contributed by atoms with Crippen molar-refractivity contribution in [2.75, 3.05) is 19.8 Å². The van der Waals surface area contributed by atoms with E-state index in [0.29, 0.717) is 25.8 Å². The minimum atomic E-state index is -0.253. The molecule has 2 rings (SSSR count). The second kappa shape index (κ2) is 4.37. The molecule has 2 amide bonds. The standard InChI is InChI=1S/C10H19N3O2/c11-7-10(3-5-15-6-4-10)13-9(14)12-8-1-2-8/h8H,1-7,11H2,(H2,12,13,14). The van der Waals surface area contributed by atoms with Gasteiger partial charge in [-0.1, -0.05) is 0 Å². The Balaban J connectivity index is 1.84. The van der Waals surface area contributed by atoms with E-state index in [1.165, 1.54) is 0 Å². The minimum absolute atomic E-state index is 0.0788. The molecule has 2 aliphatic rings. The second-order valence-corrected chi connectivity index (χ2v) is 4.47. The van der Waals surface area contributed by atoms with Crippen LogP contribution < -0.4 is 16.4 Å². The third kappa shape index (κ3) is 2.82. The van der Waals surface area contributed by atoms with E-state index in [4.69, 9.17) is 10.5 Å². The van der Waals surface area contributed by atoms with Gasteiger partial charge in [0.2, 0.25) is 0 Å². The number of rotatable bonds is 3. The van der Waals surface area contributed by atoms with Crippen LogP contribution in [0.25, 0.3) is 0 Å². The first-order chi connectivity index (χ1) is 7.24. The van der Waals surface area contributed by atoms with E-state index in [2.05, 4.69) is 10.6 Å². The number of hydrogen-bond acceptors (Lipinski definition) is 3. The summed E-state index contributed by atoms with van der Waals surface area (Å²) >= 11 is 0. The van der Waals surface area contributed by atoms with Crippen molar-refractivity contribution in [1.82, 2.24) is 10.6 Å². The molecule has 0 spiro atoms. The number of nitrogens with two attached hydrogens (primary N) is 1. The lowest BCUT2D eigenvalue weighted by Gasteiger charge is -2.36. The molecule has 4 N–H and O–H groups in total. The highest BCUT2D eigenvalue weighted by atomic mass is 16.5. The zero-order chi connectivity index (χ0) is 10.7. The monoisotopic (exact) mass is 213 g/mol. The Hall–Kier alpha value is -0.810. The van der Waals surface area contributed by atoms with Crippen LogP contribution in [0.5, 0.6) is 0 Å². The number of hydrogen-bond donors (Lipinski definition) is 3. The smallest absolute Gasteiger partial charge is 0.315 e. The van der Waals surface area contributed by atoms with Gasteiger partial charge in [0.15, 0.2) is 0 Å². The van der Waals surface area contributed by atoms with Gasteiger partial charge in [-0.05, 0) is 25.7 Å². The number of urea groups is 1. The van der Waals surface area contributed by atoms with Crippen molar-refractivity contribution >= 4 is 6.03 Å². The molecule has 0 unspecified atom stereocenters. The van der Waals surface area contributed by atoms with Gasteiger partial charge in [0.25, 0.3) is 0 Å². The van der Waals surface area contributed by atoms with Gasteiger partial charge >= 0.3 is 6.03 Å². The third-order valence-electron chi connectivity index (χ3n) is 3.13. The first-order valence-electron chi connectivity index (χ1n) is 5.61. The maximum atomic E-state index is 11.6. The first-order valence-corrected chi connectivity index (χ1v) is 5.61. The predicted molar refractivity (Wildman–Crippen MR) is 56.5 cm³/mol. The van der Waals surface area contributed by atoms with Crippen LogP contribution in [0, 0.1) is 0 Å². The van der Waals surface area contributed by atoms with Crippen LogP contribution in [0.15, 0.2) is 0 Å². The topological polar surface area (TPSA) is 76.4 Å². The van der Waals surface area contributed by atoms with E-state index in [1.54, 1.807) is 0 Å². The lowest BCUT2D eigenvalue weighted by molar-refractivity contribution is 0.0455. The molecule has 15 heavy (non-hydrogen) atoms. The molecule has 0 atom stereocenters.